The molecule has 2 N–H and O–H groups in total. The Morgan fingerprint density at radius 3 is 2.88 bits per heavy atom. The van der Waals surface area contributed by atoms with Gasteiger partial charge in [0.2, 0.25) is 23.0 Å². The number of thiazole rings is 1. The Bertz CT molecular complexity index is 1050. The van der Waals surface area contributed by atoms with Crippen molar-refractivity contribution < 1.29 is 21.6 Å². The van der Waals surface area contributed by atoms with Crippen molar-refractivity contribution in [3.05, 3.63) is 39.5 Å². The number of rotatable bonds is 6. The molecule has 134 valence electrons. The summed E-state index contributed by atoms with van der Waals surface area (Å²) in [6.07, 6.45) is 1.06. The first-order chi connectivity index (χ1) is 11.7. The molecule has 9 nitrogen and oxygen atoms in total. The predicted octanol–water partition coefficient (Wildman–Crippen LogP) is 1.80. The van der Waals surface area contributed by atoms with Gasteiger partial charge in [-0.15, -0.1) is 21.5 Å². The average molecular weight is 467 g/mol. The summed E-state index contributed by atoms with van der Waals surface area (Å²) in [5, 5.41) is 6.57. The Labute approximate surface area is 157 Å². The van der Waals surface area contributed by atoms with Gasteiger partial charge in [0.15, 0.2) is 15.1 Å². The van der Waals surface area contributed by atoms with Gasteiger partial charge in [0.1, 0.15) is 5.01 Å². The summed E-state index contributed by atoms with van der Waals surface area (Å²) in [5.41, 5.74) is 0.661. The average Bonchev–Trinajstić information content (AvgIpc) is 3.10. The second-order valence-corrected chi connectivity index (χ2v) is 9.87. The maximum absolute atomic E-state index is 12.3. The minimum atomic E-state index is -3.64. The lowest BCUT2D eigenvalue weighted by molar-refractivity contribution is 0.442. The number of hydrogen-bond donors (Lipinski definition) is 2. The van der Waals surface area contributed by atoms with Gasteiger partial charge >= 0.3 is 0 Å². The van der Waals surface area contributed by atoms with E-state index in [0.717, 1.165) is 15.4 Å². The summed E-state index contributed by atoms with van der Waals surface area (Å²) >= 11 is 2.34. The molecule has 0 radical (unpaired) electrons. The second kappa shape index (κ2) is 7.17. The van der Waals surface area contributed by atoms with Gasteiger partial charge in [-0.1, -0.05) is 15.9 Å². The molecular formula is C12H11BrN4O5S3. The first-order valence-corrected chi connectivity index (χ1v) is 11.3. The van der Waals surface area contributed by atoms with Crippen molar-refractivity contribution in [1.29, 1.82) is 0 Å². The third-order valence-electron chi connectivity index (χ3n) is 3.07. The summed E-state index contributed by atoms with van der Waals surface area (Å²) in [7, 11) is -3.64. The zero-order valence-corrected chi connectivity index (χ0v) is 16.6. The molecule has 0 saturated heterocycles. The highest BCUT2D eigenvalue weighted by molar-refractivity contribution is 9.10. The molecule has 0 bridgehead atoms. The van der Waals surface area contributed by atoms with Crippen LogP contribution < -0.4 is 4.72 Å². The lowest BCUT2D eigenvalue weighted by atomic mass is 10.3. The van der Waals surface area contributed by atoms with E-state index in [4.69, 9.17) is 8.97 Å². The van der Waals surface area contributed by atoms with Crippen molar-refractivity contribution in [1.82, 2.24) is 19.9 Å². The fraction of sp³-hybridized carbons (Fsp3) is 0.250. The van der Waals surface area contributed by atoms with Crippen molar-refractivity contribution in [3.8, 4) is 0 Å². The molecule has 0 spiro atoms. The third kappa shape index (κ3) is 4.30. The van der Waals surface area contributed by atoms with Crippen LogP contribution in [0.25, 0.3) is 10.2 Å². The first-order valence-electron chi connectivity index (χ1n) is 6.65. The number of aromatic nitrogens is 3. The van der Waals surface area contributed by atoms with E-state index in [1.54, 1.807) is 6.07 Å². The van der Waals surface area contributed by atoms with E-state index >= 15 is 0 Å². The molecule has 0 aliphatic carbocycles. The van der Waals surface area contributed by atoms with Gasteiger partial charge < -0.3 is 4.42 Å². The lowest BCUT2D eigenvalue weighted by Gasteiger charge is -2.07. The van der Waals surface area contributed by atoms with Crippen molar-refractivity contribution in [2.24, 2.45) is 0 Å². The number of nitrogens with zero attached hydrogens (tertiary/aromatic N) is 3. The van der Waals surface area contributed by atoms with Crippen LogP contribution in [0.3, 0.4) is 0 Å². The van der Waals surface area contributed by atoms with Crippen molar-refractivity contribution in [2.75, 3.05) is 6.26 Å². The van der Waals surface area contributed by atoms with Crippen LogP contribution in [0.2, 0.25) is 0 Å². The topological polar surface area (TPSA) is 135 Å². The van der Waals surface area contributed by atoms with Crippen molar-refractivity contribution >= 4 is 58.6 Å². The molecule has 25 heavy (non-hydrogen) atoms. The van der Waals surface area contributed by atoms with Gasteiger partial charge in [-0.2, -0.15) is 0 Å². The Kier molecular flexibility index (Phi) is 5.31. The quantitative estimate of drug-likeness (QED) is 0.524. The molecule has 2 heterocycles. The molecule has 0 amide bonds. The van der Waals surface area contributed by atoms with Crippen LogP contribution in [0.4, 0.5) is 0 Å². The minimum Gasteiger partial charge on any atom is -0.422 e. The summed E-state index contributed by atoms with van der Waals surface area (Å²) in [6.45, 7) is -0.167. The molecule has 13 heteroatoms. The largest absolute Gasteiger partial charge is 0.422 e. The van der Waals surface area contributed by atoms with E-state index < -0.39 is 26.4 Å². The molecular weight excluding hydrogens is 456 g/mol. The zero-order chi connectivity index (χ0) is 18.2. The minimum absolute atomic E-state index is 0.00472. The molecule has 0 saturated carbocycles. The summed E-state index contributed by atoms with van der Waals surface area (Å²) < 4.78 is 53.1. The Morgan fingerprint density at radius 1 is 1.44 bits per heavy atom. The van der Waals surface area contributed by atoms with Crippen molar-refractivity contribution in [2.45, 2.75) is 11.8 Å². The number of halogens is 1. The first kappa shape index (κ1) is 18.5. The van der Waals surface area contributed by atoms with Crippen LogP contribution in [-0.2, 0) is 27.6 Å². The van der Waals surface area contributed by atoms with E-state index in [1.165, 1.54) is 11.3 Å². The van der Waals surface area contributed by atoms with Crippen molar-refractivity contribution in [3.63, 3.8) is 0 Å². The fourth-order valence-corrected chi connectivity index (χ4v) is 5.36. The molecule has 0 fully saturated rings. The van der Waals surface area contributed by atoms with Gasteiger partial charge in [0, 0.05) is 10.7 Å². The highest BCUT2D eigenvalue weighted by Gasteiger charge is 2.33. The van der Waals surface area contributed by atoms with Crippen LogP contribution in [0.1, 0.15) is 22.0 Å². The summed E-state index contributed by atoms with van der Waals surface area (Å²) in [5.74, 6) is -0.143. The molecule has 0 aliphatic rings. The molecule has 2 atom stereocenters. The SMILES string of the molecule is CS(=O)(=O)C(c1nnc(CNS(=O)O)o1)c1nc2ccc(Br)cc2s1. The number of nitrogens with one attached hydrogen (secondary N) is 1. The van der Waals surface area contributed by atoms with E-state index in [-0.39, 0.29) is 18.3 Å². The van der Waals surface area contributed by atoms with Gasteiger partial charge in [0.25, 0.3) is 0 Å². The van der Waals surface area contributed by atoms with Crippen LogP contribution in [-0.4, -0.2) is 38.6 Å². The second-order valence-electron chi connectivity index (χ2n) is 4.98. The van der Waals surface area contributed by atoms with Gasteiger partial charge in [-0.3, -0.25) is 4.55 Å². The molecule has 3 rings (SSSR count). The molecule has 3 aromatic rings. The monoisotopic (exact) mass is 466 g/mol. The normalized spacial score (nSPS) is 14.7. The maximum atomic E-state index is 12.3. The lowest BCUT2D eigenvalue weighted by Crippen LogP contribution is -2.15. The van der Waals surface area contributed by atoms with Crippen LogP contribution in [0.15, 0.2) is 27.1 Å². The zero-order valence-electron chi connectivity index (χ0n) is 12.5. The number of benzene rings is 1. The third-order valence-corrected chi connectivity index (χ3v) is 6.47. The number of hydrogen-bond acceptors (Lipinski definition) is 8. The van der Waals surface area contributed by atoms with E-state index in [0.29, 0.717) is 10.5 Å². The maximum Gasteiger partial charge on any atom is 0.241 e. The Hall–Kier alpha value is -1.25. The molecule has 2 unspecified atom stereocenters. The van der Waals surface area contributed by atoms with Gasteiger partial charge in [-0.25, -0.2) is 22.3 Å². The summed E-state index contributed by atoms with van der Waals surface area (Å²) in [6, 6.07) is 5.43. The molecule has 1 aromatic carbocycles. The predicted molar refractivity (Wildman–Crippen MR) is 95.9 cm³/mol. The fourth-order valence-electron chi connectivity index (χ4n) is 2.07. The highest BCUT2D eigenvalue weighted by Crippen LogP contribution is 2.35. The van der Waals surface area contributed by atoms with Crippen LogP contribution in [0.5, 0.6) is 0 Å². The number of fused-ring (bicyclic) bond motifs is 1. The van der Waals surface area contributed by atoms with Gasteiger partial charge in [-0.05, 0) is 18.2 Å². The highest BCUT2D eigenvalue weighted by atomic mass is 79.9. The van der Waals surface area contributed by atoms with Crippen LogP contribution in [0, 0.1) is 0 Å². The standard InChI is InChI=1S/C12H11BrN4O5S3/c1-25(20,21)10(11-17-16-9(22-11)5-14-24(18)19)12-15-7-3-2-6(13)4-8(7)23-12/h2-4,10,14H,5H2,1H3,(H,18,19). The van der Waals surface area contributed by atoms with Gasteiger partial charge in [0.05, 0.1) is 16.8 Å². The summed E-state index contributed by atoms with van der Waals surface area (Å²) in [4.78, 5) is 4.37. The Balaban J connectivity index is 2.01. The van der Waals surface area contributed by atoms with E-state index in [9.17, 15) is 12.6 Å². The smallest absolute Gasteiger partial charge is 0.241 e. The van der Waals surface area contributed by atoms with E-state index in [1.807, 2.05) is 12.1 Å². The van der Waals surface area contributed by atoms with Crippen LogP contribution >= 0.6 is 27.3 Å². The van der Waals surface area contributed by atoms with E-state index in [2.05, 4.69) is 35.8 Å². The number of sulfone groups is 1. The Morgan fingerprint density at radius 2 is 2.20 bits per heavy atom. The molecule has 0 aliphatic heterocycles. The molecule has 2 aromatic heterocycles.